The molecule has 1 aliphatic heterocycles. The lowest BCUT2D eigenvalue weighted by Crippen LogP contribution is -2.19. The molecule has 0 bridgehead atoms. The zero-order chi connectivity index (χ0) is 16.9. The largest absolute Gasteiger partial charge is 0.368 e. The van der Waals surface area contributed by atoms with E-state index in [1.807, 2.05) is 24.3 Å². The fourth-order valence-corrected chi connectivity index (χ4v) is 2.76. The van der Waals surface area contributed by atoms with Crippen LogP contribution in [0.4, 0.5) is 5.69 Å². The SMILES string of the molecule is O=C(Cc1cccc(C2=NCCN2)c1)Cc1ccccc1[N+](=O)[O-]. The van der Waals surface area contributed by atoms with Crippen molar-refractivity contribution >= 4 is 17.3 Å². The van der Waals surface area contributed by atoms with Gasteiger partial charge in [-0.25, -0.2) is 0 Å². The second-order valence-electron chi connectivity index (χ2n) is 5.64. The Morgan fingerprint density at radius 2 is 2.00 bits per heavy atom. The molecule has 2 aromatic rings. The molecule has 122 valence electrons. The van der Waals surface area contributed by atoms with Crippen molar-refractivity contribution < 1.29 is 9.72 Å². The van der Waals surface area contributed by atoms with Crippen LogP contribution in [0.2, 0.25) is 0 Å². The summed E-state index contributed by atoms with van der Waals surface area (Å²) in [6.07, 6.45) is 0.299. The number of hydrogen-bond acceptors (Lipinski definition) is 5. The topological polar surface area (TPSA) is 84.6 Å². The molecule has 0 saturated carbocycles. The van der Waals surface area contributed by atoms with E-state index in [0.29, 0.717) is 5.56 Å². The number of nitro groups is 1. The van der Waals surface area contributed by atoms with Gasteiger partial charge in [-0.15, -0.1) is 0 Å². The van der Waals surface area contributed by atoms with Crippen LogP contribution in [-0.4, -0.2) is 29.6 Å². The number of nitrogens with zero attached hydrogens (tertiary/aromatic N) is 2. The third kappa shape index (κ3) is 3.65. The fraction of sp³-hybridized carbons (Fsp3) is 0.222. The summed E-state index contributed by atoms with van der Waals surface area (Å²) in [6, 6.07) is 14.0. The van der Waals surface area contributed by atoms with Crippen LogP contribution >= 0.6 is 0 Å². The van der Waals surface area contributed by atoms with Crippen LogP contribution < -0.4 is 5.32 Å². The van der Waals surface area contributed by atoms with E-state index in [4.69, 9.17) is 0 Å². The lowest BCUT2D eigenvalue weighted by molar-refractivity contribution is -0.385. The van der Waals surface area contributed by atoms with E-state index in [1.165, 1.54) is 6.07 Å². The molecule has 0 saturated heterocycles. The predicted molar refractivity (Wildman–Crippen MR) is 91.4 cm³/mol. The molecule has 24 heavy (non-hydrogen) atoms. The van der Waals surface area contributed by atoms with Gasteiger partial charge in [-0.1, -0.05) is 36.4 Å². The first-order valence-corrected chi connectivity index (χ1v) is 7.75. The number of rotatable bonds is 6. The number of ketones is 1. The van der Waals surface area contributed by atoms with Crippen LogP contribution in [0.25, 0.3) is 0 Å². The van der Waals surface area contributed by atoms with E-state index in [9.17, 15) is 14.9 Å². The highest BCUT2D eigenvalue weighted by molar-refractivity contribution is 6.00. The summed E-state index contributed by atoms with van der Waals surface area (Å²) < 4.78 is 0. The number of carbonyl (C=O) groups excluding carboxylic acids is 1. The van der Waals surface area contributed by atoms with E-state index in [-0.39, 0.29) is 24.3 Å². The van der Waals surface area contributed by atoms with Crippen molar-refractivity contribution in [2.24, 2.45) is 4.99 Å². The predicted octanol–water partition coefficient (Wildman–Crippen LogP) is 2.30. The van der Waals surface area contributed by atoms with Crippen LogP contribution in [0.1, 0.15) is 16.7 Å². The molecular formula is C18H17N3O3. The van der Waals surface area contributed by atoms with E-state index in [0.717, 1.165) is 30.1 Å². The zero-order valence-corrected chi connectivity index (χ0v) is 13.1. The minimum absolute atomic E-state index is 0.0101. The standard InChI is InChI=1S/C18H17N3O3/c22-16(12-14-5-1-2-7-17(14)21(23)24)11-13-4-3-6-15(10-13)18-19-8-9-20-18/h1-7,10H,8-9,11-12H2,(H,19,20). The highest BCUT2D eigenvalue weighted by Crippen LogP contribution is 2.19. The van der Waals surface area contributed by atoms with Crippen molar-refractivity contribution in [1.82, 2.24) is 5.32 Å². The number of nitro benzene ring substituents is 1. The van der Waals surface area contributed by atoms with Crippen molar-refractivity contribution in [2.45, 2.75) is 12.8 Å². The fourth-order valence-electron chi connectivity index (χ4n) is 2.76. The number of benzene rings is 2. The monoisotopic (exact) mass is 323 g/mol. The van der Waals surface area contributed by atoms with Gasteiger partial charge in [0.25, 0.3) is 5.69 Å². The van der Waals surface area contributed by atoms with E-state index in [1.54, 1.807) is 18.2 Å². The molecule has 3 rings (SSSR count). The summed E-state index contributed by atoms with van der Waals surface area (Å²) in [5, 5.41) is 14.2. The van der Waals surface area contributed by atoms with Crippen LogP contribution in [0, 0.1) is 10.1 Å². The molecule has 0 amide bonds. The number of hydrogen-bond donors (Lipinski definition) is 1. The van der Waals surface area contributed by atoms with E-state index < -0.39 is 4.92 Å². The molecule has 0 radical (unpaired) electrons. The minimum atomic E-state index is -0.451. The summed E-state index contributed by atoms with van der Waals surface area (Å²) in [6.45, 7) is 1.59. The molecule has 1 N–H and O–H groups in total. The molecule has 6 heteroatoms. The Morgan fingerprint density at radius 3 is 2.75 bits per heavy atom. The molecule has 0 spiro atoms. The molecule has 2 aromatic carbocycles. The van der Waals surface area contributed by atoms with Crippen molar-refractivity contribution in [3.63, 3.8) is 0 Å². The van der Waals surface area contributed by atoms with Crippen LogP contribution in [-0.2, 0) is 17.6 Å². The second-order valence-corrected chi connectivity index (χ2v) is 5.64. The molecule has 0 unspecified atom stereocenters. The first-order chi connectivity index (χ1) is 11.6. The normalized spacial score (nSPS) is 13.2. The average Bonchev–Trinajstić information content (AvgIpc) is 3.10. The number of Topliss-reactive ketones (excluding diaryl/α,β-unsaturated/α-hetero) is 1. The van der Waals surface area contributed by atoms with Gasteiger partial charge in [0, 0.05) is 36.6 Å². The second kappa shape index (κ2) is 7.04. The molecule has 0 aromatic heterocycles. The Hall–Kier alpha value is -3.02. The van der Waals surface area contributed by atoms with Gasteiger partial charge in [0.15, 0.2) is 0 Å². The van der Waals surface area contributed by atoms with Gasteiger partial charge in [-0.2, -0.15) is 0 Å². The Bertz CT molecular complexity index is 815. The Kier molecular flexibility index (Phi) is 4.65. The number of amidine groups is 1. The third-order valence-electron chi connectivity index (χ3n) is 3.85. The van der Waals surface area contributed by atoms with E-state index >= 15 is 0 Å². The molecule has 0 atom stereocenters. The van der Waals surface area contributed by atoms with Gasteiger partial charge >= 0.3 is 0 Å². The molecule has 0 fully saturated rings. The van der Waals surface area contributed by atoms with Gasteiger partial charge in [0.2, 0.25) is 0 Å². The van der Waals surface area contributed by atoms with Gasteiger partial charge in [-0.3, -0.25) is 19.9 Å². The average molecular weight is 323 g/mol. The van der Waals surface area contributed by atoms with Crippen molar-refractivity contribution in [3.05, 3.63) is 75.3 Å². The summed E-state index contributed by atoms with van der Waals surface area (Å²) in [5.74, 6) is 0.797. The Labute approximate surface area is 139 Å². The zero-order valence-electron chi connectivity index (χ0n) is 13.1. The highest BCUT2D eigenvalue weighted by atomic mass is 16.6. The van der Waals surface area contributed by atoms with E-state index in [2.05, 4.69) is 10.3 Å². The van der Waals surface area contributed by atoms with Gasteiger partial charge in [-0.05, 0) is 11.6 Å². The maximum Gasteiger partial charge on any atom is 0.273 e. The van der Waals surface area contributed by atoms with Gasteiger partial charge in [0.1, 0.15) is 11.6 Å². The third-order valence-corrected chi connectivity index (χ3v) is 3.85. The number of aliphatic imine (C=N–C) groups is 1. The Morgan fingerprint density at radius 1 is 1.17 bits per heavy atom. The maximum absolute atomic E-state index is 12.3. The summed E-state index contributed by atoms with van der Waals surface area (Å²) >= 11 is 0. The summed E-state index contributed by atoms with van der Waals surface area (Å²) in [7, 11) is 0. The number of carbonyl (C=O) groups is 1. The van der Waals surface area contributed by atoms with Gasteiger partial charge in [0.05, 0.1) is 11.5 Å². The number of nitrogens with one attached hydrogen (secondary N) is 1. The lowest BCUT2D eigenvalue weighted by Gasteiger charge is -2.06. The summed E-state index contributed by atoms with van der Waals surface area (Å²) in [5.41, 5.74) is 2.28. The smallest absolute Gasteiger partial charge is 0.273 e. The van der Waals surface area contributed by atoms with Crippen molar-refractivity contribution in [2.75, 3.05) is 13.1 Å². The summed E-state index contributed by atoms with van der Waals surface area (Å²) in [4.78, 5) is 27.3. The van der Waals surface area contributed by atoms with Crippen molar-refractivity contribution in [1.29, 1.82) is 0 Å². The molecule has 6 nitrogen and oxygen atoms in total. The van der Waals surface area contributed by atoms with Crippen LogP contribution in [0.3, 0.4) is 0 Å². The van der Waals surface area contributed by atoms with Gasteiger partial charge < -0.3 is 5.32 Å². The quantitative estimate of drug-likeness (QED) is 0.653. The molecule has 1 aliphatic rings. The maximum atomic E-state index is 12.3. The van der Waals surface area contributed by atoms with Crippen LogP contribution in [0.5, 0.6) is 0 Å². The minimum Gasteiger partial charge on any atom is -0.368 e. The number of para-hydroxylation sites is 1. The highest BCUT2D eigenvalue weighted by Gasteiger charge is 2.16. The first kappa shape index (κ1) is 15.9. The lowest BCUT2D eigenvalue weighted by atomic mass is 10.00. The van der Waals surface area contributed by atoms with Crippen LogP contribution in [0.15, 0.2) is 53.5 Å². The Balaban J connectivity index is 1.72. The molecule has 0 aliphatic carbocycles. The molecular weight excluding hydrogens is 306 g/mol. The molecule has 1 heterocycles. The van der Waals surface area contributed by atoms with Crippen molar-refractivity contribution in [3.8, 4) is 0 Å². The first-order valence-electron chi connectivity index (χ1n) is 7.75.